The summed E-state index contributed by atoms with van der Waals surface area (Å²) in [6, 6.07) is 12.0. The molecular weight excluding hydrogens is 461 g/mol. The van der Waals surface area contributed by atoms with E-state index in [0.717, 1.165) is 12.8 Å². The van der Waals surface area contributed by atoms with Crippen molar-refractivity contribution in [3.05, 3.63) is 60.4 Å². The number of hydrogen-bond donors (Lipinski definition) is 2. The fourth-order valence-electron chi connectivity index (χ4n) is 3.81. The zero-order chi connectivity index (χ0) is 24.6. The summed E-state index contributed by atoms with van der Waals surface area (Å²) in [6.45, 7) is 2.30. The molecule has 0 aliphatic carbocycles. The number of hydrogen-bond acceptors (Lipinski definition) is 5. The summed E-state index contributed by atoms with van der Waals surface area (Å²) in [5.74, 6) is -1.49. The van der Waals surface area contributed by atoms with E-state index in [0.29, 0.717) is 31.7 Å². The minimum atomic E-state index is -3.93. The van der Waals surface area contributed by atoms with E-state index >= 15 is 0 Å². The molecule has 0 unspecified atom stereocenters. The topological polar surface area (TPSA) is 105 Å². The third-order valence-corrected chi connectivity index (χ3v) is 6.96. The molecule has 2 atom stereocenters. The second-order valence-electron chi connectivity index (χ2n) is 8.06. The van der Waals surface area contributed by atoms with Crippen LogP contribution in [0.4, 0.5) is 10.1 Å². The highest BCUT2D eigenvalue weighted by molar-refractivity contribution is 7.89. The standard InChI is InChI=1S/C24H30FN3O5S/c1-2-7-22(24(30)26-16-20-8-6-15-33-20)28(19-13-11-18(25)12-14-19)23(29)17-27-34(31,32)21-9-4-3-5-10-21/h3-5,9-14,20,22,27H,2,6-8,15-17H2,1H3,(H,26,30)/t20-,22-/m1/s1. The summed E-state index contributed by atoms with van der Waals surface area (Å²) in [6.07, 6.45) is 2.64. The molecule has 0 radical (unpaired) electrons. The Balaban J connectivity index is 1.81. The Bertz CT molecular complexity index is 1060. The average molecular weight is 492 g/mol. The van der Waals surface area contributed by atoms with Crippen LogP contribution in [0.25, 0.3) is 0 Å². The van der Waals surface area contributed by atoms with E-state index in [-0.39, 0.29) is 16.9 Å². The van der Waals surface area contributed by atoms with Crippen LogP contribution in [0.3, 0.4) is 0 Å². The molecule has 0 aromatic heterocycles. The first-order valence-corrected chi connectivity index (χ1v) is 12.8. The van der Waals surface area contributed by atoms with Crippen molar-refractivity contribution in [2.75, 3.05) is 24.6 Å². The molecule has 1 saturated heterocycles. The van der Waals surface area contributed by atoms with E-state index in [4.69, 9.17) is 4.74 Å². The molecule has 184 valence electrons. The highest BCUT2D eigenvalue weighted by Crippen LogP contribution is 2.21. The molecule has 2 aromatic carbocycles. The van der Waals surface area contributed by atoms with E-state index in [9.17, 15) is 22.4 Å². The monoisotopic (exact) mass is 491 g/mol. The van der Waals surface area contributed by atoms with E-state index in [2.05, 4.69) is 10.0 Å². The van der Waals surface area contributed by atoms with Gasteiger partial charge in [-0.1, -0.05) is 31.5 Å². The number of carbonyl (C=O) groups is 2. The van der Waals surface area contributed by atoms with Gasteiger partial charge in [0.1, 0.15) is 11.9 Å². The zero-order valence-electron chi connectivity index (χ0n) is 19.1. The van der Waals surface area contributed by atoms with Crippen LogP contribution in [0.1, 0.15) is 32.6 Å². The SMILES string of the molecule is CCC[C@H](C(=O)NC[C@H]1CCCO1)N(C(=O)CNS(=O)(=O)c1ccccc1)c1ccc(F)cc1. The van der Waals surface area contributed by atoms with Gasteiger partial charge in [0.05, 0.1) is 17.5 Å². The Morgan fingerprint density at radius 2 is 1.85 bits per heavy atom. The first kappa shape index (κ1) is 25.8. The lowest BCUT2D eigenvalue weighted by atomic mass is 10.1. The fraction of sp³-hybridized carbons (Fsp3) is 0.417. The normalized spacial score (nSPS) is 16.7. The van der Waals surface area contributed by atoms with E-state index < -0.39 is 34.3 Å². The van der Waals surface area contributed by atoms with Crippen LogP contribution in [0, 0.1) is 5.82 Å². The Morgan fingerprint density at radius 1 is 1.15 bits per heavy atom. The van der Waals surface area contributed by atoms with Crippen LogP contribution >= 0.6 is 0 Å². The zero-order valence-corrected chi connectivity index (χ0v) is 19.9. The Labute approximate surface area is 199 Å². The number of benzene rings is 2. The first-order valence-electron chi connectivity index (χ1n) is 11.3. The third-order valence-electron chi connectivity index (χ3n) is 5.54. The van der Waals surface area contributed by atoms with Crippen molar-refractivity contribution in [2.45, 2.75) is 49.6 Å². The van der Waals surface area contributed by atoms with Gasteiger partial charge in [0, 0.05) is 18.8 Å². The number of amides is 2. The summed E-state index contributed by atoms with van der Waals surface area (Å²) in [7, 11) is -3.93. The van der Waals surface area contributed by atoms with Crippen molar-refractivity contribution in [1.82, 2.24) is 10.0 Å². The van der Waals surface area contributed by atoms with E-state index in [1.165, 1.54) is 41.3 Å². The van der Waals surface area contributed by atoms with Gasteiger partial charge in [-0.3, -0.25) is 14.5 Å². The predicted octanol–water partition coefficient (Wildman–Crippen LogP) is 2.60. The average Bonchev–Trinajstić information content (AvgIpc) is 3.36. The molecular formula is C24H30FN3O5S. The molecule has 1 heterocycles. The molecule has 2 N–H and O–H groups in total. The maximum absolute atomic E-state index is 13.6. The van der Waals surface area contributed by atoms with Gasteiger partial charge in [-0.05, 0) is 55.7 Å². The van der Waals surface area contributed by atoms with Gasteiger partial charge in [0.25, 0.3) is 0 Å². The maximum atomic E-state index is 13.6. The van der Waals surface area contributed by atoms with Gasteiger partial charge in [0.2, 0.25) is 21.8 Å². The van der Waals surface area contributed by atoms with Crippen molar-refractivity contribution < 1.29 is 27.1 Å². The molecule has 1 aliphatic heterocycles. The molecule has 0 spiro atoms. The first-order chi connectivity index (χ1) is 16.3. The third kappa shape index (κ3) is 6.85. The Hall–Kier alpha value is -2.82. The van der Waals surface area contributed by atoms with Crippen molar-refractivity contribution in [1.29, 1.82) is 0 Å². The molecule has 0 saturated carbocycles. The fourth-order valence-corrected chi connectivity index (χ4v) is 4.81. The lowest BCUT2D eigenvalue weighted by molar-refractivity contribution is -0.126. The second kappa shape index (κ2) is 12.0. The van der Waals surface area contributed by atoms with Crippen molar-refractivity contribution >= 4 is 27.5 Å². The molecule has 2 amide bonds. The van der Waals surface area contributed by atoms with Gasteiger partial charge in [0.15, 0.2) is 0 Å². The number of sulfonamides is 1. The van der Waals surface area contributed by atoms with Gasteiger partial charge in [-0.25, -0.2) is 17.5 Å². The molecule has 1 aliphatic rings. The van der Waals surface area contributed by atoms with Crippen LogP contribution in [-0.4, -0.2) is 52.1 Å². The molecule has 1 fully saturated rings. The molecule has 10 heteroatoms. The lowest BCUT2D eigenvalue weighted by Crippen LogP contribution is -2.53. The number of rotatable bonds is 11. The summed E-state index contributed by atoms with van der Waals surface area (Å²) in [5, 5.41) is 2.85. The van der Waals surface area contributed by atoms with Crippen molar-refractivity contribution in [3.63, 3.8) is 0 Å². The minimum absolute atomic E-state index is 0.0237. The van der Waals surface area contributed by atoms with Crippen LogP contribution in [0.2, 0.25) is 0 Å². The number of ether oxygens (including phenoxy) is 1. The maximum Gasteiger partial charge on any atom is 0.243 e. The number of nitrogens with one attached hydrogen (secondary N) is 2. The van der Waals surface area contributed by atoms with Gasteiger partial charge in [-0.15, -0.1) is 0 Å². The second-order valence-corrected chi connectivity index (χ2v) is 9.83. The van der Waals surface area contributed by atoms with Crippen LogP contribution in [0.15, 0.2) is 59.5 Å². The van der Waals surface area contributed by atoms with E-state index in [1.54, 1.807) is 18.2 Å². The van der Waals surface area contributed by atoms with Gasteiger partial charge in [-0.2, -0.15) is 0 Å². The molecule has 2 aromatic rings. The predicted molar refractivity (Wildman–Crippen MR) is 126 cm³/mol. The summed E-state index contributed by atoms with van der Waals surface area (Å²) in [5.41, 5.74) is 0.302. The smallest absolute Gasteiger partial charge is 0.243 e. The number of halogens is 1. The molecule has 8 nitrogen and oxygen atoms in total. The highest BCUT2D eigenvalue weighted by Gasteiger charge is 2.32. The molecule has 34 heavy (non-hydrogen) atoms. The number of nitrogens with zero attached hydrogens (tertiary/aromatic N) is 1. The quantitative estimate of drug-likeness (QED) is 0.503. The Kier molecular flexibility index (Phi) is 9.14. The van der Waals surface area contributed by atoms with Crippen LogP contribution < -0.4 is 14.9 Å². The minimum Gasteiger partial charge on any atom is -0.376 e. The van der Waals surface area contributed by atoms with Crippen LogP contribution in [0.5, 0.6) is 0 Å². The highest BCUT2D eigenvalue weighted by atomic mass is 32.2. The number of anilines is 1. The van der Waals surface area contributed by atoms with Gasteiger partial charge < -0.3 is 10.1 Å². The lowest BCUT2D eigenvalue weighted by Gasteiger charge is -2.31. The van der Waals surface area contributed by atoms with Crippen molar-refractivity contribution in [3.8, 4) is 0 Å². The summed E-state index contributed by atoms with van der Waals surface area (Å²) >= 11 is 0. The summed E-state index contributed by atoms with van der Waals surface area (Å²) in [4.78, 5) is 27.7. The van der Waals surface area contributed by atoms with E-state index in [1.807, 2.05) is 6.92 Å². The van der Waals surface area contributed by atoms with Crippen LogP contribution in [-0.2, 0) is 24.3 Å². The number of carbonyl (C=O) groups excluding carboxylic acids is 2. The van der Waals surface area contributed by atoms with Crippen molar-refractivity contribution in [2.24, 2.45) is 0 Å². The Morgan fingerprint density at radius 3 is 2.47 bits per heavy atom. The molecule has 3 rings (SSSR count). The molecule has 0 bridgehead atoms. The largest absolute Gasteiger partial charge is 0.376 e. The van der Waals surface area contributed by atoms with Gasteiger partial charge >= 0.3 is 0 Å². The summed E-state index contributed by atoms with van der Waals surface area (Å²) < 4.78 is 46.6.